The third kappa shape index (κ3) is 2.39. The summed E-state index contributed by atoms with van der Waals surface area (Å²) in [4.78, 5) is 0. The minimum absolute atomic E-state index is 0.804. The molecule has 17 heavy (non-hydrogen) atoms. The van der Waals surface area contributed by atoms with Gasteiger partial charge in [-0.15, -0.1) is 0 Å². The molecular weight excluding hydrogens is 210 g/mol. The van der Waals surface area contributed by atoms with Gasteiger partial charge in [0.25, 0.3) is 0 Å². The van der Waals surface area contributed by atoms with E-state index in [1.54, 1.807) is 0 Å². The van der Waals surface area contributed by atoms with E-state index in [4.69, 9.17) is 0 Å². The third-order valence-electron chi connectivity index (χ3n) is 3.09. The molecule has 3 heteroatoms. The summed E-state index contributed by atoms with van der Waals surface area (Å²) in [7, 11) is 3.92. The van der Waals surface area contributed by atoms with E-state index >= 15 is 0 Å². The molecule has 0 saturated heterocycles. The Balaban J connectivity index is 2.41. The highest BCUT2D eigenvalue weighted by molar-refractivity contribution is 5.61. The molecule has 0 unspecified atom stereocenters. The number of hydrogen-bond donors (Lipinski definition) is 1. The summed E-state index contributed by atoms with van der Waals surface area (Å²) in [6.07, 6.45) is 0. The standard InChI is InChI=1S/C14H19N3/c1-10-5-6-12(7-11(10)2)14-8-13(9-15-3)16-17(14)4/h5-8,15H,9H2,1-4H3. The van der Waals surface area contributed by atoms with E-state index < -0.39 is 0 Å². The van der Waals surface area contributed by atoms with Gasteiger partial charge in [-0.1, -0.05) is 12.1 Å². The predicted molar refractivity (Wildman–Crippen MR) is 70.9 cm³/mol. The molecular formula is C14H19N3. The van der Waals surface area contributed by atoms with Crippen molar-refractivity contribution in [3.05, 3.63) is 41.1 Å². The van der Waals surface area contributed by atoms with E-state index in [0.717, 1.165) is 12.2 Å². The van der Waals surface area contributed by atoms with Gasteiger partial charge in [0.15, 0.2) is 0 Å². The van der Waals surface area contributed by atoms with Crippen molar-refractivity contribution in [2.75, 3.05) is 7.05 Å². The van der Waals surface area contributed by atoms with Crippen molar-refractivity contribution in [1.29, 1.82) is 0 Å². The molecule has 0 saturated carbocycles. The maximum absolute atomic E-state index is 4.48. The number of hydrogen-bond acceptors (Lipinski definition) is 2. The zero-order valence-electron chi connectivity index (χ0n) is 10.9. The van der Waals surface area contributed by atoms with Crippen LogP contribution in [0.4, 0.5) is 0 Å². The number of aryl methyl sites for hydroxylation is 3. The number of nitrogens with one attached hydrogen (secondary N) is 1. The number of rotatable bonds is 3. The largest absolute Gasteiger partial charge is 0.314 e. The van der Waals surface area contributed by atoms with Gasteiger partial charge in [-0.2, -0.15) is 5.10 Å². The molecule has 0 aliphatic heterocycles. The second-order valence-corrected chi connectivity index (χ2v) is 4.47. The summed E-state index contributed by atoms with van der Waals surface area (Å²) in [5, 5.41) is 7.60. The molecule has 3 nitrogen and oxygen atoms in total. The maximum atomic E-state index is 4.48. The van der Waals surface area contributed by atoms with Gasteiger partial charge < -0.3 is 5.32 Å². The molecule has 0 radical (unpaired) electrons. The van der Waals surface area contributed by atoms with Crippen LogP contribution in [-0.4, -0.2) is 16.8 Å². The van der Waals surface area contributed by atoms with Gasteiger partial charge in [-0.05, 0) is 44.2 Å². The van der Waals surface area contributed by atoms with Crippen molar-refractivity contribution in [3.63, 3.8) is 0 Å². The minimum atomic E-state index is 0.804. The van der Waals surface area contributed by atoms with Crippen LogP contribution in [0, 0.1) is 13.8 Å². The van der Waals surface area contributed by atoms with E-state index in [2.05, 4.69) is 48.5 Å². The van der Waals surface area contributed by atoms with Crippen LogP contribution < -0.4 is 5.32 Å². The molecule has 1 N–H and O–H groups in total. The van der Waals surface area contributed by atoms with Gasteiger partial charge >= 0.3 is 0 Å². The molecule has 0 fully saturated rings. The fraction of sp³-hybridized carbons (Fsp3) is 0.357. The summed E-state index contributed by atoms with van der Waals surface area (Å²) in [5.74, 6) is 0. The van der Waals surface area contributed by atoms with Gasteiger partial charge in [0, 0.05) is 19.2 Å². The van der Waals surface area contributed by atoms with Gasteiger partial charge in [0.2, 0.25) is 0 Å². The van der Waals surface area contributed by atoms with Gasteiger partial charge in [-0.25, -0.2) is 0 Å². The highest BCUT2D eigenvalue weighted by Gasteiger charge is 2.07. The molecule has 90 valence electrons. The van der Waals surface area contributed by atoms with Gasteiger partial charge in [0.05, 0.1) is 11.4 Å². The molecule has 0 aliphatic carbocycles. The molecule has 0 amide bonds. The number of aromatic nitrogens is 2. The first-order chi connectivity index (χ1) is 8.11. The predicted octanol–water partition coefficient (Wildman–Crippen LogP) is 2.42. The Labute approximate surface area is 102 Å². The lowest BCUT2D eigenvalue weighted by Crippen LogP contribution is -2.05. The first-order valence-electron chi connectivity index (χ1n) is 5.87. The fourth-order valence-electron chi connectivity index (χ4n) is 1.97. The lowest BCUT2D eigenvalue weighted by molar-refractivity contribution is 0.716. The van der Waals surface area contributed by atoms with E-state index in [-0.39, 0.29) is 0 Å². The monoisotopic (exact) mass is 229 g/mol. The molecule has 0 atom stereocenters. The Hall–Kier alpha value is -1.61. The second-order valence-electron chi connectivity index (χ2n) is 4.47. The van der Waals surface area contributed by atoms with Gasteiger partial charge in [0.1, 0.15) is 0 Å². The van der Waals surface area contributed by atoms with E-state index in [0.29, 0.717) is 0 Å². The highest BCUT2D eigenvalue weighted by Crippen LogP contribution is 2.22. The zero-order chi connectivity index (χ0) is 12.4. The SMILES string of the molecule is CNCc1cc(-c2ccc(C)c(C)c2)n(C)n1. The molecule has 2 rings (SSSR count). The Morgan fingerprint density at radius 3 is 2.59 bits per heavy atom. The smallest absolute Gasteiger partial charge is 0.0768 e. The molecule has 1 aromatic heterocycles. The summed E-state index contributed by atoms with van der Waals surface area (Å²) >= 11 is 0. The maximum Gasteiger partial charge on any atom is 0.0768 e. The van der Waals surface area contributed by atoms with Crippen molar-refractivity contribution in [2.45, 2.75) is 20.4 Å². The fourth-order valence-corrected chi connectivity index (χ4v) is 1.97. The van der Waals surface area contributed by atoms with Crippen molar-refractivity contribution in [3.8, 4) is 11.3 Å². The second kappa shape index (κ2) is 4.72. The van der Waals surface area contributed by atoms with Crippen LogP contribution in [-0.2, 0) is 13.6 Å². The molecule has 0 aliphatic rings. The lowest BCUT2D eigenvalue weighted by Gasteiger charge is -2.05. The molecule has 1 aromatic carbocycles. The first-order valence-corrected chi connectivity index (χ1v) is 5.87. The summed E-state index contributed by atoms with van der Waals surface area (Å²) in [6, 6.07) is 8.67. The van der Waals surface area contributed by atoms with Crippen LogP contribution in [0.1, 0.15) is 16.8 Å². The summed E-state index contributed by atoms with van der Waals surface area (Å²) in [6.45, 7) is 5.08. The minimum Gasteiger partial charge on any atom is -0.314 e. The van der Waals surface area contributed by atoms with E-state index in [1.807, 2.05) is 18.8 Å². The first kappa shape index (κ1) is 11.9. The Kier molecular flexibility index (Phi) is 3.29. The Morgan fingerprint density at radius 1 is 1.18 bits per heavy atom. The van der Waals surface area contributed by atoms with Crippen molar-refractivity contribution < 1.29 is 0 Å². The Morgan fingerprint density at radius 2 is 1.94 bits per heavy atom. The van der Waals surface area contributed by atoms with Gasteiger partial charge in [-0.3, -0.25) is 4.68 Å². The van der Waals surface area contributed by atoms with Crippen LogP contribution in [0.25, 0.3) is 11.3 Å². The molecule has 0 spiro atoms. The van der Waals surface area contributed by atoms with Crippen molar-refractivity contribution in [2.24, 2.45) is 7.05 Å². The molecule has 1 heterocycles. The van der Waals surface area contributed by atoms with Crippen molar-refractivity contribution >= 4 is 0 Å². The van der Waals surface area contributed by atoms with E-state index in [1.165, 1.54) is 22.4 Å². The highest BCUT2D eigenvalue weighted by atomic mass is 15.3. The quantitative estimate of drug-likeness (QED) is 0.876. The zero-order valence-corrected chi connectivity index (χ0v) is 10.9. The molecule has 0 bridgehead atoms. The van der Waals surface area contributed by atoms with Crippen LogP contribution >= 0.6 is 0 Å². The van der Waals surface area contributed by atoms with Crippen LogP contribution in [0.2, 0.25) is 0 Å². The lowest BCUT2D eigenvalue weighted by atomic mass is 10.0. The number of benzene rings is 1. The van der Waals surface area contributed by atoms with E-state index in [9.17, 15) is 0 Å². The van der Waals surface area contributed by atoms with Crippen LogP contribution in [0.5, 0.6) is 0 Å². The normalized spacial score (nSPS) is 10.8. The molecule has 2 aromatic rings. The van der Waals surface area contributed by atoms with Crippen molar-refractivity contribution in [1.82, 2.24) is 15.1 Å². The summed E-state index contributed by atoms with van der Waals surface area (Å²) < 4.78 is 1.94. The number of nitrogens with zero attached hydrogens (tertiary/aromatic N) is 2. The summed E-state index contributed by atoms with van der Waals surface area (Å²) in [5.41, 5.74) is 6.11. The Bertz CT molecular complexity index is 526. The third-order valence-corrected chi connectivity index (χ3v) is 3.09. The average molecular weight is 229 g/mol. The van der Waals surface area contributed by atoms with Crippen LogP contribution in [0.3, 0.4) is 0 Å². The average Bonchev–Trinajstić information content (AvgIpc) is 2.64. The van der Waals surface area contributed by atoms with Crippen LogP contribution in [0.15, 0.2) is 24.3 Å². The topological polar surface area (TPSA) is 29.9 Å².